The van der Waals surface area contributed by atoms with E-state index in [1.165, 1.54) is 0 Å². The first-order chi connectivity index (χ1) is 12.0. The Balaban J connectivity index is 1.52. The van der Waals surface area contributed by atoms with Gasteiger partial charge in [0.2, 0.25) is 5.89 Å². The number of aryl methyl sites for hydroxylation is 1. The topological polar surface area (TPSA) is 75.0 Å². The van der Waals surface area contributed by atoms with Gasteiger partial charge in [0.15, 0.2) is 5.82 Å². The number of halogens is 2. The van der Waals surface area contributed by atoms with Crippen molar-refractivity contribution in [1.82, 2.24) is 20.0 Å². The maximum atomic E-state index is 12.8. The number of nitrogens with zero attached hydrogens (tertiary/aromatic N) is 3. The minimum atomic E-state index is -0.0996. The van der Waals surface area contributed by atoms with Gasteiger partial charge in [-0.3, -0.25) is 4.79 Å². The van der Waals surface area contributed by atoms with Gasteiger partial charge in [-0.05, 0) is 38.0 Å². The summed E-state index contributed by atoms with van der Waals surface area (Å²) in [5.74, 6) is 1.39. The van der Waals surface area contributed by atoms with E-state index >= 15 is 0 Å². The largest absolute Gasteiger partial charge is 0.349 e. The number of piperidine rings is 1. The first-order valence-corrected chi connectivity index (χ1v) is 8.84. The molecule has 0 spiro atoms. The fourth-order valence-electron chi connectivity index (χ4n) is 3.25. The first-order valence-electron chi connectivity index (χ1n) is 8.09. The molecule has 3 heterocycles. The molecule has 0 radical (unpaired) electrons. The maximum Gasteiger partial charge on any atom is 0.271 e. The van der Waals surface area contributed by atoms with Crippen LogP contribution in [0.4, 0.5) is 0 Å². The van der Waals surface area contributed by atoms with E-state index in [0.29, 0.717) is 40.5 Å². The summed E-state index contributed by atoms with van der Waals surface area (Å²) in [6.45, 7) is 3.05. The highest BCUT2D eigenvalue weighted by molar-refractivity contribution is 6.39. The van der Waals surface area contributed by atoms with Crippen molar-refractivity contribution in [2.24, 2.45) is 0 Å². The molecule has 1 aliphatic heterocycles. The third-order valence-corrected chi connectivity index (χ3v) is 5.21. The van der Waals surface area contributed by atoms with Gasteiger partial charge in [0.1, 0.15) is 5.69 Å². The van der Waals surface area contributed by atoms with Gasteiger partial charge < -0.3 is 14.4 Å². The molecular formula is C17H16Cl2N4O2. The van der Waals surface area contributed by atoms with E-state index in [1.807, 2.05) is 6.07 Å². The fraction of sp³-hybridized carbons (Fsp3) is 0.353. The fourth-order valence-corrected chi connectivity index (χ4v) is 3.70. The Morgan fingerprint density at radius 2 is 2.08 bits per heavy atom. The van der Waals surface area contributed by atoms with Crippen molar-refractivity contribution < 1.29 is 9.32 Å². The third kappa shape index (κ3) is 3.00. The van der Waals surface area contributed by atoms with Gasteiger partial charge in [-0.15, -0.1) is 0 Å². The smallest absolute Gasteiger partial charge is 0.271 e. The van der Waals surface area contributed by atoms with E-state index in [2.05, 4.69) is 15.1 Å². The highest BCUT2D eigenvalue weighted by Crippen LogP contribution is 2.32. The lowest BCUT2D eigenvalue weighted by Crippen LogP contribution is -2.38. The minimum absolute atomic E-state index is 0.0996. The Kier molecular flexibility index (Phi) is 4.17. The van der Waals surface area contributed by atoms with Gasteiger partial charge in [-0.2, -0.15) is 4.98 Å². The summed E-state index contributed by atoms with van der Waals surface area (Å²) in [5, 5.41) is 5.59. The molecule has 4 rings (SSSR count). The number of fused-ring (bicyclic) bond motifs is 1. The Labute approximate surface area is 154 Å². The monoisotopic (exact) mass is 378 g/mol. The molecule has 8 heteroatoms. The zero-order valence-electron chi connectivity index (χ0n) is 13.6. The summed E-state index contributed by atoms with van der Waals surface area (Å²) >= 11 is 12.4. The number of hydrogen-bond acceptors (Lipinski definition) is 4. The van der Waals surface area contributed by atoms with Crippen LogP contribution in [-0.2, 0) is 0 Å². The van der Waals surface area contributed by atoms with Gasteiger partial charge in [0.05, 0.1) is 5.02 Å². The van der Waals surface area contributed by atoms with Gasteiger partial charge >= 0.3 is 0 Å². The SMILES string of the molecule is Cc1noc(C2CCN(C(=O)c3[nH]c4ccc(Cl)cc4c3Cl)CC2)n1. The molecule has 1 saturated heterocycles. The van der Waals surface area contributed by atoms with Crippen LogP contribution in [0.25, 0.3) is 10.9 Å². The van der Waals surface area contributed by atoms with Gasteiger partial charge in [0.25, 0.3) is 5.91 Å². The minimum Gasteiger partial charge on any atom is -0.349 e. The number of aromatic amines is 1. The Morgan fingerprint density at radius 1 is 1.32 bits per heavy atom. The Bertz CT molecular complexity index is 941. The van der Waals surface area contributed by atoms with Crippen LogP contribution in [0.1, 0.15) is 41.0 Å². The van der Waals surface area contributed by atoms with Crippen molar-refractivity contribution >= 4 is 40.0 Å². The van der Waals surface area contributed by atoms with E-state index in [9.17, 15) is 4.79 Å². The number of carbonyl (C=O) groups is 1. The van der Waals surface area contributed by atoms with E-state index in [-0.39, 0.29) is 11.8 Å². The standard InChI is InChI=1S/C17H16Cl2N4O2/c1-9-20-16(25-22-9)10-4-6-23(7-5-10)17(24)15-14(19)12-8-11(18)2-3-13(12)21-15/h2-3,8,10,21H,4-7H2,1H3. The van der Waals surface area contributed by atoms with Gasteiger partial charge in [0, 0.05) is 34.9 Å². The molecule has 1 aliphatic rings. The highest BCUT2D eigenvalue weighted by atomic mass is 35.5. The quantitative estimate of drug-likeness (QED) is 0.725. The van der Waals surface area contributed by atoms with Crippen LogP contribution < -0.4 is 0 Å². The molecule has 2 aromatic heterocycles. The third-order valence-electron chi connectivity index (χ3n) is 4.59. The molecule has 0 saturated carbocycles. The molecule has 0 atom stereocenters. The average molecular weight is 379 g/mol. The Morgan fingerprint density at radius 3 is 2.76 bits per heavy atom. The van der Waals surface area contributed by atoms with Crippen LogP contribution in [0.5, 0.6) is 0 Å². The molecule has 3 aromatic rings. The predicted octanol–water partition coefficient (Wildman–Crippen LogP) is 4.19. The molecular weight excluding hydrogens is 363 g/mol. The molecule has 25 heavy (non-hydrogen) atoms. The number of hydrogen-bond donors (Lipinski definition) is 1. The molecule has 1 aromatic carbocycles. The summed E-state index contributed by atoms with van der Waals surface area (Å²) in [6, 6.07) is 5.35. The number of rotatable bonds is 2. The lowest BCUT2D eigenvalue weighted by atomic mass is 9.96. The van der Waals surface area contributed by atoms with E-state index in [0.717, 1.165) is 23.7 Å². The number of likely N-dealkylation sites (tertiary alicyclic amines) is 1. The summed E-state index contributed by atoms with van der Waals surface area (Å²) in [7, 11) is 0. The van der Waals surface area contributed by atoms with Crippen molar-refractivity contribution in [3.63, 3.8) is 0 Å². The second kappa shape index (κ2) is 6.35. The lowest BCUT2D eigenvalue weighted by molar-refractivity contribution is 0.0699. The van der Waals surface area contributed by atoms with Crippen molar-refractivity contribution in [2.45, 2.75) is 25.7 Å². The number of amides is 1. The van der Waals surface area contributed by atoms with Crippen LogP contribution in [0, 0.1) is 6.92 Å². The number of nitrogens with one attached hydrogen (secondary N) is 1. The number of benzene rings is 1. The number of carbonyl (C=O) groups excluding carboxylic acids is 1. The first kappa shape index (κ1) is 16.4. The van der Waals surface area contributed by atoms with Crippen molar-refractivity contribution in [3.8, 4) is 0 Å². The molecule has 130 valence electrons. The maximum absolute atomic E-state index is 12.8. The van der Waals surface area contributed by atoms with Crippen molar-refractivity contribution in [1.29, 1.82) is 0 Å². The Hall–Kier alpha value is -2.05. The van der Waals surface area contributed by atoms with Crippen LogP contribution in [-0.4, -0.2) is 39.0 Å². The molecule has 1 N–H and O–H groups in total. The van der Waals surface area contributed by atoms with Crippen LogP contribution in [0.3, 0.4) is 0 Å². The second-order valence-corrected chi connectivity index (χ2v) is 7.06. The molecule has 0 unspecified atom stereocenters. The van der Waals surface area contributed by atoms with E-state index in [1.54, 1.807) is 24.0 Å². The second-order valence-electron chi connectivity index (χ2n) is 6.25. The van der Waals surface area contributed by atoms with Crippen molar-refractivity contribution in [3.05, 3.63) is 45.7 Å². The highest BCUT2D eigenvalue weighted by Gasteiger charge is 2.29. The zero-order chi connectivity index (χ0) is 17.6. The molecule has 6 nitrogen and oxygen atoms in total. The van der Waals surface area contributed by atoms with Crippen LogP contribution in [0.15, 0.2) is 22.7 Å². The number of aromatic nitrogens is 3. The average Bonchev–Trinajstić information content (AvgIpc) is 3.19. The van der Waals surface area contributed by atoms with E-state index in [4.69, 9.17) is 27.7 Å². The zero-order valence-corrected chi connectivity index (χ0v) is 15.1. The van der Waals surface area contributed by atoms with E-state index < -0.39 is 0 Å². The summed E-state index contributed by atoms with van der Waals surface area (Å²) in [4.78, 5) is 22.1. The predicted molar refractivity (Wildman–Crippen MR) is 95.2 cm³/mol. The van der Waals surface area contributed by atoms with Crippen LogP contribution in [0.2, 0.25) is 10.0 Å². The number of H-pyrrole nitrogens is 1. The van der Waals surface area contributed by atoms with Gasteiger partial charge in [-0.25, -0.2) is 0 Å². The lowest BCUT2D eigenvalue weighted by Gasteiger charge is -2.30. The summed E-state index contributed by atoms with van der Waals surface area (Å²) < 4.78 is 5.25. The van der Waals surface area contributed by atoms with Crippen molar-refractivity contribution in [2.75, 3.05) is 13.1 Å². The molecule has 1 amide bonds. The summed E-state index contributed by atoms with van der Waals surface area (Å²) in [6.07, 6.45) is 1.58. The summed E-state index contributed by atoms with van der Waals surface area (Å²) in [5.41, 5.74) is 1.21. The normalized spacial score (nSPS) is 15.9. The molecule has 0 bridgehead atoms. The molecule has 1 fully saturated rings. The van der Waals surface area contributed by atoms with Crippen LogP contribution >= 0.6 is 23.2 Å². The van der Waals surface area contributed by atoms with Gasteiger partial charge in [-0.1, -0.05) is 28.4 Å². The molecule has 0 aliphatic carbocycles.